The number of para-hydroxylation sites is 1. The van der Waals surface area contributed by atoms with E-state index >= 15 is 0 Å². The Morgan fingerprint density at radius 1 is 1.18 bits per heavy atom. The lowest BCUT2D eigenvalue weighted by atomic mass is 10.0. The summed E-state index contributed by atoms with van der Waals surface area (Å²) < 4.78 is 15.1. The summed E-state index contributed by atoms with van der Waals surface area (Å²) in [7, 11) is 0. The Morgan fingerprint density at radius 3 is 2.55 bits per heavy atom. The minimum absolute atomic E-state index is 0.0502. The lowest BCUT2D eigenvalue weighted by molar-refractivity contribution is -0.120. The van der Waals surface area contributed by atoms with Crippen molar-refractivity contribution in [3.8, 4) is 16.8 Å². The molecule has 1 amide bonds. The van der Waals surface area contributed by atoms with Crippen LogP contribution in [0.5, 0.6) is 0 Å². The maximum absolute atomic E-state index is 13.9. The van der Waals surface area contributed by atoms with Gasteiger partial charge in [0, 0.05) is 16.5 Å². The first-order valence-corrected chi connectivity index (χ1v) is 12.5. The number of nitrogens with one attached hydrogen (secondary N) is 1. The summed E-state index contributed by atoms with van der Waals surface area (Å²) in [4.78, 5) is 32.9. The number of benzene rings is 2. The van der Waals surface area contributed by atoms with Crippen LogP contribution in [0.2, 0.25) is 0 Å². The van der Waals surface area contributed by atoms with Gasteiger partial charge in [0.05, 0.1) is 16.3 Å². The summed E-state index contributed by atoms with van der Waals surface area (Å²) in [5.74, 6) is -0.376. The second kappa shape index (κ2) is 8.76. The van der Waals surface area contributed by atoms with E-state index in [-0.39, 0.29) is 23.3 Å². The molecule has 0 spiro atoms. The fourth-order valence-electron chi connectivity index (χ4n) is 3.75. The van der Waals surface area contributed by atoms with Crippen LogP contribution in [0.4, 0.5) is 4.39 Å². The number of thiophene rings is 1. The molecule has 0 radical (unpaired) electrons. The zero-order chi connectivity index (χ0) is 23.1. The Hall–Kier alpha value is -2.97. The highest BCUT2D eigenvalue weighted by Crippen LogP contribution is 2.37. The van der Waals surface area contributed by atoms with Crippen LogP contribution in [0, 0.1) is 12.7 Å². The average Bonchev–Trinajstić information content (AvgIpc) is 3.55. The van der Waals surface area contributed by atoms with E-state index in [0.29, 0.717) is 21.1 Å². The SMILES string of the molecule is Cc1sc2nc(SC(C)C(=O)NC3CC3)n(-c3ccccc3)c(=O)c2c1-c1ccc(F)cc1. The molecule has 5 rings (SSSR count). The van der Waals surface area contributed by atoms with Crippen molar-refractivity contribution in [3.05, 3.63) is 75.6 Å². The van der Waals surface area contributed by atoms with Gasteiger partial charge in [-0.2, -0.15) is 0 Å². The van der Waals surface area contributed by atoms with Crippen molar-refractivity contribution in [1.82, 2.24) is 14.9 Å². The average molecular weight is 480 g/mol. The van der Waals surface area contributed by atoms with Crippen molar-refractivity contribution in [1.29, 1.82) is 0 Å². The number of rotatable bonds is 6. The lowest BCUT2D eigenvalue weighted by Gasteiger charge is -2.16. The van der Waals surface area contributed by atoms with Crippen molar-refractivity contribution in [2.45, 2.75) is 43.1 Å². The molecule has 1 aliphatic carbocycles. The molecule has 5 nitrogen and oxygen atoms in total. The summed E-state index contributed by atoms with van der Waals surface area (Å²) in [6.45, 7) is 3.77. The topological polar surface area (TPSA) is 64.0 Å². The van der Waals surface area contributed by atoms with Crippen molar-refractivity contribution >= 4 is 39.2 Å². The highest BCUT2D eigenvalue weighted by atomic mass is 32.2. The van der Waals surface area contributed by atoms with Crippen LogP contribution in [0.1, 0.15) is 24.6 Å². The molecule has 2 aromatic carbocycles. The van der Waals surface area contributed by atoms with E-state index in [4.69, 9.17) is 4.98 Å². The van der Waals surface area contributed by atoms with Gasteiger partial charge < -0.3 is 5.32 Å². The summed E-state index contributed by atoms with van der Waals surface area (Å²) in [6, 6.07) is 15.7. The molecular formula is C25H22FN3O2S2. The number of thioether (sulfide) groups is 1. The lowest BCUT2D eigenvalue weighted by Crippen LogP contribution is -2.33. The molecule has 1 aliphatic rings. The normalized spacial score (nSPS) is 14.4. The summed E-state index contributed by atoms with van der Waals surface area (Å²) in [6.07, 6.45) is 2.03. The Kier molecular flexibility index (Phi) is 5.80. The van der Waals surface area contributed by atoms with Crippen LogP contribution < -0.4 is 10.9 Å². The number of carbonyl (C=O) groups is 1. The standard InChI is InChI=1S/C25H22FN3O2S2/c1-14-20(16-8-10-17(26)11-9-16)21-23(32-14)28-25(33-15(2)22(30)27-18-12-13-18)29(24(21)31)19-6-4-3-5-7-19/h3-11,15,18H,12-13H2,1-2H3,(H,27,30). The molecule has 1 atom stereocenters. The summed E-state index contributed by atoms with van der Waals surface area (Å²) >= 11 is 2.72. The van der Waals surface area contributed by atoms with Crippen LogP contribution in [-0.4, -0.2) is 26.8 Å². The first kappa shape index (κ1) is 21.9. The van der Waals surface area contributed by atoms with E-state index in [1.807, 2.05) is 44.2 Å². The number of hydrogen-bond donors (Lipinski definition) is 1. The van der Waals surface area contributed by atoms with Gasteiger partial charge in [-0.15, -0.1) is 11.3 Å². The van der Waals surface area contributed by atoms with Crippen molar-refractivity contribution < 1.29 is 9.18 Å². The Labute approximate surface area is 198 Å². The molecule has 2 heterocycles. The Bertz CT molecular complexity index is 1390. The number of aryl methyl sites for hydroxylation is 1. The van der Waals surface area contributed by atoms with Gasteiger partial charge in [-0.05, 0) is 56.5 Å². The van der Waals surface area contributed by atoms with Gasteiger partial charge in [-0.3, -0.25) is 14.2 Å². The molecule has 33 heavy (non-hydrogen) atoms. The van der Waals surface area contributed by atoms with Gasteiger partial charge in [-0.1, -0.05) is 42.1 Å². The molecule has 2 aromatic heterocycles. The van der Waals surface area contributed by atoms with Crippen LogP contribution in [0.3, 0.4) is 0 Å². The van der Waals surface area contributed by atoms with E-state index in [9.17, 15) is 14.0 Å². The van der Waals surface area contributed by atoms with Gasteiger partial charge in [0.15, 0.2) is 5.16 Å². The van der Waals surface area contributed by atoms with Crippen molar-refractivity contribution in [3.63, 3.8) is 0 Å². The fraction of sp³-hybridized carbons (Fsp3) is 0.240. The predicted molar refractivity (Wildman–Crippen MR) is 132 cm³/mol. The quantitative estimate of drug-likeness (QED) is 0.300. The largest absolute Gasteiger partial charge is 0.352 e. The van der Waals surface area contributed by atoms with Crippen molar-refractivity contribution in [2.24, 2.45) is 0 Å². The third-order valence-corrected chi connectivity index (χ3v) is 7.64. The number of amides is 1. The number of fused-ring (bicyclic) bond motifs is 1. The van der Waals surface area contributed by atoms with Crippen LogP contribution >= 0.6 is 23.1 Å². The third kappa shape index (κ3) is 4.32. The maximum atomic E-state index is 13.9. The fourth-order valence-corrected chi connectivity index (χ4v) is 5.77. The molecule has 168 valence electrons. The number of halogens is 1. The molecule has 1 saturated carbocycles. The monoisotopic (exact) mass is 479 g/mol. The van der Waals surface area contributed by atoms with Gasteiger partial charge in [-0.25, -0.2) is 9.37 Å². The number of hydrogen-bond acceptors (Lipinski definition) is 5. The van der Waals surface area contributed by atoms with Gasteiger partial charge in [0.2, 0.25) is 5.91 Å². The summed E-state index contributed by atoms with van der Waals surface area (Å²) in [5, 5.41) is 3.60. The minimum atomic E-state index is -0.400. The third-order valence-electron chi connectivity index (χ3n) is 5.59. The smallest absolute Gasteiger partial charge is 0.268 e. The molecule has 1 unspecified atom stereocenters. The molecule has 1 N–H and O–H groups in total. The van der Waals surface area contributed by atoms with E-state index in [1.165, 1.54) is 35.2 Å². The first-order valence-electron chi connectivity index (χ1n) is 10.8. The van der Waals surface area contributed by atoms with Gasteiger partial charge in [0.25, 0.3) is 5.56 Å². The maximum Gasteiger partial charge on any atom is 0.268 e. The zero-order valence-electron chi connectivity index (χ0n) is 18.2. The highest BCUT2D eigenvalue weighted by molar-refractivity contribution is 8.00. The Balaban J connectivity index is 1.68. The van der Waals surface area contributed by atoms with Crippen LogP contribution in [-0.2, 0) is 4.79 Å². The van der Waals surface area contributed by atoms with Crippen LogP contribution in [0.15, 0.2) is 64.5 Å². The molecular weight excluding hydrogens is 457 g/mol. The number of carbonyl (C=O) groups excluding carboxylic acids is 1. The van der Waals surface area contributed by atoms with E-state index in [2.05, 4.69) is 5.32 Å². The molecule has 4 aromatic rings. The second-order valence-electron chi connectivity index (χ2n) is 8.13. The highest BCUT2D eigenvalue weighted by Gasteiger charge is 2.28. The summed E-state index contributed by atoms with van der Waals surface area (Å²) in [5.41, 5.74) is 2.03. The van der Waals surface area contributed by atoms with Crippen molar-refractivity contribution in [2.75, 3.05) is 0 Å². The molecule has 8 heteroatoms. The van der Waals surface area contributed by atoms with Gasteiger partial charge >= 0.3 is 0 Å². The molecule has 1 fully saturated rings. The van der Waals surface area contributed by atoms with E-state index in [1.54, 1.807) is 16.7 Å². The minimum Gasteiger partial charge on any atom is -0.352 e. The second-order valence-corrected chi connectivity index (χ2v) is 10.6. The molecule has 0 aliphatic heterocycles. The first-order chi connectivity index (χ1) is 15.9. The Morgan fingerprint density at radius 2 is 1.88 bits per heavy atom. The molecule has 0 bridgehead atoms. The predicted octanol–water partition coefficient (Wildman–Crippen LogP) is 5.32. The molecule has 0 saturated heterocycles. The van der Waals surface area contributed by atoms with Crippen LogP contribution in [0.25, 0.3) is 27.0 Å². The van der Waals surface area contributed by atoms with E-state index in [0.717, 1.165) is 28.8 Å². The van der Waals surface area contributed by atoms with E-state index < -0.39 is 5.25 Å². The van der Waals surface area contributed by atoms with Gasteiger partial charge in [0.1, 0.15) is 10.6 Å². The number of aromatic nitrogens is 2. The number of nitrogens with zero attached hydrogens (tertiary/aromatic N) is 2. The zero-order valence-corrected chi connectivity index (χ0v) is 19.8.